The fraction of sp³-hybridized carbons (Fsp3) is 0.333. The highest BCUT2D eigenvalue weighted by Crippen LogP contribution is 2.30. The maximum Gasteiger partial charge on any atom is 0.252 e. The van der Waals surface area contributed by atoms with Crippen LogP contribution in [0.5, 0.6) is 0 Å². The summed E-state index contributed by atoms with van der Waals surface area (Å²) in [5.41, 5.74) is 3.02. The molecule has 0 fully saturated rings. The highest BCUT2D eigenvalue weighted by Gasteiger charge is 2.26. The number of carbonyl (C=O) groups excluding carboxylic acids is 1. The highest BCUT2D eigenvalue weighted by atomic mass is 19.1. The van der Waals surface area contributed by atoms with Gasteiger partial charge in [-0.05, 0) is 44.4 Å². The third-order valence-electron chi connectivity index (χ3n) is 4.44. The Labute approximate surface area is 144 Å². The molecule has 1 aromatic carbocycles. The topological polar surface area (TPSA) is 63.4 Å². The van der Waals surface area contributed by atoms with Gasteiger partial charge in [-0.25, -0.2) is 13.9 Å². The van der Waals surface area contributed by atoms with Crippen molar-refractivity contribution in [1.29, 1.82) is 0 Å². The first-order valence-electron chi connectivity index (χ1n) is 8.30. The highest BCUT2D eigenvalue weighted by molar-refractivity contribution is 5.95. The molecular weight excluding hydrogens is 321 g/mol. The van der Waals surface area contributed by atoms with Crippen LogP contribution in [0.25, 0.3) is 5.78 Å². The lowest BCUT2D eigenvalue weighted by Crippen LogP contribution is -2.37. The summed E-state index contributed by atoms with van der Waals surface area (Å²) in [6.45, 7) is 4.31. The van der Waals surface area contributed by atoms with Gasteiger partial charge < -0.3 is 4.90 Å². The summed E-state index contributed by atoms with van der Waals surface area (Å²) in [6.07, 6.45) is 1.63. The molecule has 2 aromatic heterocycles. The fourth-order valence-corrected chi connectivity index (χ4v) is 3.37. The van der Waals surface area contributed by atoms with E-state index in [1.54, 1.807) is 10.6 Å². The zero-order valence-corrected chi connectivity index (χ0v) is 14.2. The van der Waals surface area contributed by atoms with Crippen LogP contribution in [0.4, 0.5) is 10.1 Å². The Morgan fingerprint density at radius 2 is 2.12 bits per heavy atom. The Balaban J connectivity index is 1.65. The zero-order chi connectivity index (χ0) is 17.6. The van der Waals surface area contributed by atoms with Gasteiger partial charge in [0, 0.05) is 17.9 Å². The summed E-state index contributed by atoms with van der Waals surface area (Å²) in [7, 11) is 0. The van der Waals surface area contributed by atoms with Crippen LogP contribution in [-0.4, -0.2) is 32.0 Å². The van der Waals surface area contributed by atoms with Gasteiger partial charge in [0.2, 0.25) is 5.91 Å². The number of anilines is 1. The molecule has 0 N–H and O–H groups in total. The van der Waals surface area contributed by atoms with Crippen LogP contribution in [0.2, 0.25) is 0 Å². The SMILES string of the molecule is Cc1cc(C)n2nc(CC(=O)N3CCCc4cccc(F)c43)nc2n1. The molecule has 0 bridgehead atoms. The molecule has 1 aliphatic heterocycles. The van der Waals surface area contributed by atoms with Crippen molar-refractivity contribution in [3.05, 3.63) is 52.9 Å². The Morgan fingerprint density at radius 1 is 1.28 bits per heavy atom. The molecule has 0 unspecified atom stereocenters. The van der Waals surface area contributed by atoms with Crippen molar-refractivity contribution >= 4 is 17.4 Å². The predicted octanol–water partition coefficient (Wildman–Crippen LogP) is 2.40. The maximum atomic E-state index is 14.2. The second-order valence-corrected chi connectivity index (χ2v) is 6.35. The molecule has 7 heteroatoms. The van der Waals surface area contributed by atoms with E-state index in [1.807, 2.05) is 26.0 Å². The second kappa shape index (κ2) is 5.91. The number of aryl methyl sites for hydroxylation is 3. The average molecular weight is 339 g/mol. The number of benzene rings is 1. The molecule has 3 aromatic rings. The van der Waals surface area contributed by atoms with E-state index >= 15 is 0 Å². The monoisotopic (exact) mass is 339 g/mol. The van der Waals surface area contributed by atoms with E-state index in [-0.39, 0.29) is 18.1 Å². The van der Waals surface area contributed by atoms with E-state index in [9.17, 15) is 9.18 Å². The van der Waals surface area contributed by atoms with Crippen LogP contribution in [-0.2, 0) is 17.6 Å². The van der Waals surface area contributed by atoms with Gasteiger partial charge in [0.1, 0.15) is 5.82 Å². The summed E-state index contributed by atoms with van der Waals surface area (Å²) in [4.78, 5) is 23.0. The Hall–Kier alpha value is -2.83. The first-order valence-corrected chi connectivity index (χ1v) is 8.30. The molecule has 128 valence electrons. The molecule has 0 saturated heterocycles. The number of hydrogen-bond donors (Lipinski definition) is 0. The summed E-state index contributed by atoms with van der Waals surface area (Å²) in [5, 5.41) is 4.37. The van der Waals surface area contributed by atoms with Crippen molar-refractivity contribution in [2.45, 2.75) is 33.1 Å². The number of para-hydroxylation sites is 1. The molecular formula is C18H18FN5O. The third-order valence-corrected chi connectivity index (χ3v) is 4.44. The standard InChI is InChI=1S/C18H18FN5O/c1-11-9-12(2)24-18(20-11)21-15(22-24)10-16(25)23-8-4-6-13-5-3-7-14(19)17(13)23/h3,5,7,9H,4,6,8,10H2,1-2H3. The summed E-state index contributed by atoms with van der Waals surface area (Å²) >= 11 is 0. The fourth-order valence-electron chi connectivity index (χ4n) is 3.37. The molecule has 4 rings (SSSR count). The number of rotatable bonds is 2. The Kier molecular flexibility index (Phi) is 3.71. The lowest BCUT2D eigenvalue weighted by atomic mass is 10.0. The average Bonchev–Trinajstić information content (AvgIpc) is 2.97. The van der Waals surface area contributed by atoms with Crippen molar-refractivity contribution in [3.8, 4) is 0 Å². The number of carbonyl (C=O) groups is 1. The lowest BCUT2D eigenvalue weighted by Gasteiger charge is -2.29. The zero-order valence-electron chi connectivity index (χ0n) is 14.2. The molecule has 0 saturated carbocycles. The van der Waals surface area contributed by atoms with Gasteiger partial charge in [-0.15, -0.1) is 5.10 Å². The van der Waals surface area contributed by atoms with Crippen LogP contribution in [0.3, 0.4) is 0 Å². The lowest BCUT2D eigenvalue weighted by molar-refractivity contribution is -0.118. The molecule has 0 aliphatic carbocycles. The summed E-state index contributed by atoms with van der Waals surface area (Å²) in [5.74, 6) is 0.318. The van der Waals surface area contributed by atoms with Crippen LogP contribution < -0.4 is 4.90 Å². The van der Waals surface area contributed by atoms with Gasteiger partial charge >= 0.3 is 0 Å². The maximum absolute atomic E-state index is 14.2. The molecule has 0 spiro atoms. The first-order chi connectivity index (χ1) is 12.0. The number of halogens is 1. The Morgan fingerprint density at radius 3 is 2.96 bits per heavy atom. The van der Waals surface area contributed by atoms with Gasteiger partial charge in [-0.2, -0.15) is 4.98 Å². The number of amides is 1. The summed E-state index contributed by atoms with van der Waals surface area (Å²) < 4.78 is 15.9. The van der Waals surface area contributed by atoms with Crippen molar-refractivity contribution in [2.75, 3.05) is 11.4 Å². The molecule has 0 radical (unpaired) electrons. The number of fused-ring (bicyclic) bond motifs is 2. The predicted molar refractivity (Wildman–Crippen MR) is 91.0 cm³/mol. The van der Waals surface area contributed by atoms with Crippen molar-refractivity contribution in [3.63, 3.8) is 0 Å². The third kappa shape index (κ3) is 2.75. The van der Waals surface area contributed by atoms with Gasteiger partial charge in [0.15, 0.2) is 5.82 Å². The van der Waals surface area contributed by atoms with Crippen LogP contribution >= 0.6 is 0 Å². The molecule has 6 nitrogen and oxygen atoms in total. The van der Waals surface area contributed by atoms with E-state index < -0.39 is 0 Å². The molecule has 25 heavy (non-hydrogen) atoms. The van der Waals surface area contributed by atoms with Crippen molar-refractivity contribution < 1.29 is 9.18 Å². The van der Waals surface area contributed by atoms with E-state index in [2.05, 4.69) is 15.1 Å². The van der Waals surface area contributed by atoms with Gasteiger partial charge in [0.05, 0.1) is 12.1 Å². The second-order valence-electron chi connectivity index (χ2n) is 6.35. The molecule has 1 aliphatic rings. The minimum absolute atomic E-state index is 0.0234. The van der Waals surface area contributed by atoms with Crippen molar-refractivity contribution in [2.24, 2.45) is 0 Å². The van der Waals surface area contributed by atoms with Crippen molar-refractivity contribution in [1.82, 2.24) is 19.6 Å². The van der Waals surface area contributed by atoms with Crippen LogP contribution in [0.15, 0.2) is 24.3 Å². The first kappa shape index (κ1) is 15.7. The molecule has 0 atom stereocenters. The number of nitrogens with zero attached hydrogens (tertiary/aromatic N) is 5. The summed E-state index contributed by atoms with van der Waals surface area (Å²) in [6, 6.07) is 6.85. The molecule has 3 heterocycles. The molecule has 1 amide bonds. The van der Waals surface area contributed by atoms with E-state index in [0.717, 1.165) is 29.8 Å². The number of aromatic nitrogens is 4. The van der Waals surface area contributed by atoms with E-state index in [1.165, 1.54) is 11.0 Å². The van der Waals surface area contributed by atoms with Gasteiger partial charge in [-0.1, -0.05) is 12.1 Å². The largest absolute Gasteiger partial charge is 0.309 e. The smallest absolute Gasteiger partial charge is 0.252 e. The van der Waals surface area contributed by atoms with E-state index in [4.69, 9.17) is 0 Å². The van der Waals surface area contributed by atoms with Gasteiger partial charge in [-0.3, -0.25) is 4.79 Å². The van der Waals surface area contributed by atoms with Crippen LogP contribution in [0, 0.1) is 19.7 Å². The minimum Gasteiger partial charge on any atom is -0.309 e. The quantitative estimate of drug-likeness (QED) is 0.719. The van der Waals surface area contributed by atoms with Gasteiger partial charge in [0.25, 0.3) is 5.78 Å². The number of hydrogen-bond acceptors (Lipinski definition) is 4. The Bertz CT molecular complexity index is 981. The normalized spacial score (nSPS) is 14.0. The van der Waals surface area contributed by atoms with E-state index in [0.29, 0.717) is 23.8 Å². The van der Waals surface area contributed by atoms with Crippen LogP contribution in [0.1, 0.15) is 29.2 Å². The minimum atomic E-state index is -0.360.